The van der Waals surface area contributed by atoms with Crippen LogP contribution in [0.5, 0.6) is 0 Å². The van der Waals surface area contributed by atoms with E-state index in [4.69, 9.17) is 0 Å². The van der Waals surface area contributed by atoms with E-state index in [1.54, 1.807) is 36.2 Å². The molecule has 0 aliphatic rings. The normalized spacial score (nSPS) is 10.3. The van der Waals surface area contributed by atoms with Crippen LogP contribution in [-0.4, -0.2) is 49.9 Å². The minimum Gasteiger partial charge on any atom is -0.469 e. The number of imide groups is 1. The lowest BCUT2D eigenvalue weighted by atomic mass is 10.2. The molecule has 1 rings (SSSR count). The molecule has 6 nitrogen and oxygen atoms in total. The number of nitrogens with one attached hydrogen (secondary N) is 1. The van der Waals surface area contributed by atoms with Crippen LogP contribution in [0, 0.1) is 0 Å². The molecular formula is C14H17BrN2O4. The van der Waals surface area contributed by atoms with Crippen LogP contribution >= 0.6 is 15.9 Å². The quantitative estimate of drug-likeness (QED) is 0.775. The first-order chi connectivity index (χ1) is 9.93. The minimum atomic E-state index is -0.464. The van der Waals surface area contributed by atoms with Crippen molar-refractivity contribution in [3.63, 3.8) is 0 Å². The van der Waals surface area contributed by atoms with Gasteiger partial charge in [-0.3, -0.25) is 24.6 Å². The fourth-order valence-corrected chi connectivity index (χ4v) is 2.05. The van der Waals surface area contributed by atoms with E-state index >= 15 is 0 Å². The summed E-state index contributed by atoms with van der Waals surface area (Å²) in [6, 6.07) is 6.84. The van der Waals surface area contributed by atoms with Crippen molar-refractivity contribution in [2.24, 2.45) is 0 Å². The highest BCUT2D eigenvalue weighted by Gasteiger charge is 2.14. The van der Waals surface area contributed by atoms with Gasteiger partial charge >= 0.3 is 5.97 Å². The number of amides is 2. The lowest BCUT2D eigenvalue weighted by Gasteiger charge is -2.15. The molecule has 0 heterocycles. The summed E-state index contributed by atoms with van der Waals surface area (Å²) in [7, 11) is 3.00. The number of carbonyl (C=O) groups is 3. The van der Waals surface area contributed by atoms with E-state index in [9.17, 15) is 14.4 Å². The summed E-state index contributed by atoms with van der Waals surface area (Å²) in [5, 5.41) is 2.30. The molecule has 21 heavy (non-hydrogen) atoms. The number of likely N-dealkylation sites (N-methyl/N-ethyl adjacent to an activating group) is 1. The topological polar surface area (TPSA) is 75.7 Å². The van der Waals surface area contributed by atoms with Gasteiger partial charge in [0, 0.05) is 11.0 Å². The van der Waals surface area contributed by atoms with Crippen molar-refractivity contribution in [1.29, 1.82) is 0 Å². The highest BCUT2D eigenvalue weighted by Crippen LogP contribution is 2.15. The summed E-state index contributed by atoms with van der Waals surface area (Å²) < 4.78 is 5.14. The number of ether oxygens (including phenoxy) is 1. The Labute approximate surface area is 131 Å². The van der Waals surface area contributed by atoms with E-state index in [0.717, 1.165) is 0 Å². The van der Waals surface area contributed by atoms with E-state index < -0.39 is 11.8 Å². The predicted octanol–water partition coefficient (Wildman–Crippen LogP) is 1.20. The van der Waals surface area contributed by atoms with Gasteiger partial charge in [0.25, 0.3) is 5.91 Å². The van der Waals surface area contributed by atoms with Crippen LogP contribution in [0.4, 0.5) is 0 Å². The van der Waals surface area contributed by atoms with E-state index in [0.29, 0.717) is 16.6 Å². The molecule has 0 bridgehead atoms. The molecule has 1 aromatic carbocycles. The third kappa shape index (κ3) is 6.05. The molecule has 1 aromatic rings. The smallest absolute Gasteiger partial charge is 0.306 e. The Morgan fingerprint density at radius 3 is 2.57 bits per heavy atom. The number of carbonyl (C=O) groups excluding carboxylic acids is 3. The number of esters is 1. The second-order valence-electron chi connectivity index (χ2n) is 4.42. The first-order valence-corrected chi connectivity index (χ1v) is 7.07. The molecule has 114 valence electrons. The number of methoxy groups -OCH3 is 1. The lowest BCUT2D eigenvalue weighted by Crippen LogP contribution is -2.39. The average Bonchev–Trinajstić information content (AvgIpc) is 2.44. The van der Waals surface area contributed by atoms with Crippen molar-refractivity contribution in [2.75, 3.05) is 27.2 Å². The van der Waals surface area contributed by atoms with Crippen LogP contribution in [0.3, 0.4) is 0 Å². The van der Waals surface area contributed by atoms with Crippen LogP contribution in [0.2, 0.25) is 0 Å². The number of benzene rings is 1. The maximum Gasteiger partial charge on any atom is 0.306 e. The summed E-state index contributed by atoms with van der Waals surface area (Å²) in [5.41, 5.74) is 0.392. The van der Waals surface area contributed by atoms with Gasteiger partial charge in [-0.05, 0) is 35.1 Å². The molecule has 0 saturated heterocycles. The Hall–Kier alpha value is -1.73. The zero-order valence-corrected chi connectivity index (χ0v) is 13.5. The number of rotatable bonds is 6. The SMILES string of the molecule is COC(=O)CCN(C)CC(=O)NC(=O)c1ccccc1Br. The van der Waals surface area contributed by atoms with Gasteiger partial charge in [-0.25, -0.2) is 0 Å². The van der Waals surface area contributed by atoms with E-state index in [1.807, 2.05) is 0 Å². The average molecular weight is 357 g/mol. The maximum atomic E-state index is 11.9. The van der Waals surface area contributed by atoms with E-state index in [-0.39, 0.29) is 18.9 Å². The molecule has 0 atom stereocenters. The van der Waals surface area contributed by atoms with Crippen molar-refractivity contribution >= 4 is 33.7 Å². The Morgan fingerprint density at radius 1 is 1.29 bits per heavy atom. The fourth-order valence-electron chi connectivity index (χ4n) is 1.59. The van der Waals surface area contributed by atoms with Gasteiger partial charge in [-0.15, -0.1) is 0 Å². The summed E-state index contributed by atoms with van der Waals surface area (Å²) in [6.45, 7) is 0.399. The Morgan fingerprint density at radius 2 is 1.95 bits per heavy atom. The van der Waals surface area contributed by atoms with Crippen molar-refractivity contribution in [3.05, 3.63) is 34.3 Å². The van der Waals surface area contributed by atoms with Crippen LogP contribution < -0.4 is 5.32 Å². The van der Waals surface area contributed by atoms with Gasteiger partial charge in [0.15, 0.2) is 0 Å². The van der Waals surface area contributed by atoms with E-state index in [1.165, 1.54) is 7.11 Å². The van der Waals surface area contributed by atoms with Gasteiger partial charge in [0.1, 0.15) is 0 Å². The molecule has 2 amide bonds. The monoisotopic (exact) mass is 356 g/mol. The molecule has 1 N–H and O–H groups in total. The van der Waals surface area contributed by atoms with Crippen molar-refractivity contribution in [1.82, 2.24) is 10.2 Å². The van der Waals surface area contributed by atoms with Crippen molar-refractivity contribution in [2.45, 2.75) is 6.42 Å². The number of hydrogen-bond acceptors (Lipinski definition) is 5. The molecule has 0 unspecified atom stereocenters. The number of halogens is 1. The standard InChI is InChI=1S/C14H17BrN2O4/c1-17(8-7-13(19)21-2)9-12(18)16-14(20)10-5-3-4-6-11(10)15/h3-6H,7-9H2,1-2H3,(H,16,18,20). The molecule has 0 aliphatic carbocycles. The number of nitrogens with zero attached hydrogens (tertiary/aromatic N) is 1. The summed E-state index contributed by atoms with van der Waals surface area (Å²) >= 11 is 3.25. The third-order valence-electron chi connectivity index (χ3n) is 2.71. The van der Waals surface area contributed by atoms with Gasteiger partial charge in [-0.2, -0.15) is 0 Å². The van der Waals surface area contributed by atoms with Gasteiger partial charge in [0.2, 0.25) is 5.91 Å². The number of hydrogen-bond donors (Lipinski definition) is 1. The highest BCUT2D eigenvalue weighted by molar-refractivity contribution is 9.10. The highest BCUT2D eigenvalue weighted by atomic mass is 79.9. The molecule has 0 aromatic heterocycles. The third-order valence-corrected chi connectivity index (χ3v) is 3.40. The van der Waals surface area contributed by atoms with Crippen molar-refractivity contribution in [3.8, 4) is 0 Å². The van der Waals surface area contributed by atoms with Gasteiger partial charge in [-0.1, -0.05) is 12.1 Å². The molecule has 0 radical (unpaired) electrons. The summed E-state index contributed by atoms with van der Waals surface area (Å²) in [6.07, 6.45) is 0.193. The fraction of sp³-hybridized carbons (Fsp3) is 0.357. The second-order valence-corrected chi connectivity index (χ2v) is 5.28. The molecule has 0 fully saturated rings. The molecule has 0 spiro atoms. The molecular weight excluding hydrogens is 340 g/mol. The van der Waals surface area contributed by atoms with Gasteiger partial charge < -0.3 is 4.74 Å². The Balaban J connectivity index is 2.45. The minimum absolute atomic E-state index is 0.0210. The van der Waals surface area contributed by atoms with E-state index in [2.05, 4.69) is 26.0 Å². The van der Waals surface area contributed by atoms with Crippen LogP contribution in [0.15, 0.2) is 28.7 Å². The Bertz CT molecular complexity index is 533. The van der Waals surface area contributed by atoms with Crippen LogP contribution in [-0.2, 0) is 14.3 Å². The largest absolute Gasteiger partial charge is 0.469 e. The predicted molar refractivity (Wildman–Crippen MR) is 80.7 cm³/mol. The maximum absolute atomic E-state index is 11.9. The summed E-state index contributed by atoms with van der Waals surface area (Å²) in [5.74, 6) is -1.23. The van der Waals surface area contributed by atoms with Crippen LogP contribution in [0.1, 0.15) is 16.8 Å². The van der Waals surface area contributed by atoms with Crippen molar-refractivity contribution < 1.29 is 19.1 Å². The first kappa shape index (κ1) is 17.3. The first-order valence-electron chi connectivity index (χ1n) is 6.28. The summed E-state index contributed by atoms with van der Waals surface area (Å²) in [4.78, 5) is 36.3. The zero-order valence-electron chi connectivity index (χ0n) is 11.9. The molecule has 7 heteroatoms. The molecule has 0 aliphatic heterocycles. The molecule has 0 saturated carbocycles. The van der Waals surface area contributed by atoms with Crippen LogP contribution in [0.25, 0.3) is 0 Å². The van der Waals surface area contributed by atoms with Gasteiger partial charge in [0.05, 0.1) is 25.6 Å². The Kier molecular flexibility index (Phi) is 7.04. The zero-order chi connectivity index (χ0) is 15.8. The lowest BCUT2D eigenvalue weighted by molar-refractivity contribution is -0.141. The second kappa shape index (κ2) is 8.53.